The monoisotopic (exact) mass is 432 g/mol. The van der Waals surface area contributed by atoms with Gasteiger partial charge in [0, 0.05) is 24.2 Å². The summed E-state index contributed by atoms with van der Waals surface area (Å²) >= 11 is 0. The van der Waals surface area contributed by atoms with Gasteiger partial charge in [-0.25, -0.2) is 0 Å². The van der Waals surface area contributed by atoms with Crippen LogP contribution in [0.1, 0.15) is 29.1 Å². The number of methoxy groups -OCH3 is 1. The summed E-state index contributed by atoms with van der Waals surface area (Å²) in [5.74, 6) is 2.36. The zero-order valence-electron chi connectivity index (χ0n) is 18.5. The van der Waals surface area contributed by atoms with Gasteiger partial charge in [-0.3, -0.25) is 4.79 Å². The van der Waals surface area contributed by atoms with Crippen LogP contribution in [-0.4, -0.2) is 32.3 Å². The van der Waals surface area contributed by atoms with Crippen molar-refractivity contribution in [2.75, 3.05) is 25.2 Å². The van der Waals surface area contributed by atoms with E-state index in [0.29, 0.717) is 19.6 Å². The zero-order valence-corrected chi connectivity index (χ0v) is 18.5. The molecule has 0 bridgehead atoms. The molecule has 3 aromatic rings. The fraction of sp³-hybridized carbons (Fsp3) is 0.346. The summed E-state index contributed by atoms with van der Waals surface area (Å²) < 4.78 is 16.9. The maximum absolute atomic E-state index is 12.8. The van der Waals surface area contributed by atoms with Crippen molar-refractivity contribution in [2.45, 2.75) is 38.0 Å². The number of carbonyl (C=O) groups is 1. The zero-order chi connectivity index (χ0) is 22.1. The van der Waals surface area contributed by atoms with Gasteiger partial charge in [0.25, 0.3) is 0 Å². The van der Waals surface area contributed by atoms with Crippen LogP contribution in [-0.2, 0) is 28.0 Å². The number of fused-ring (bicyclic) bond motifs is 2. The second-order valence-corrected chi connectivity index (χ2v) is 8.74. The summed E-state index contributed by atoms with van der Waals surface area (Å²) in [6.07, 6.45) is 0.214. The number of amides is 1. The fourth-order valence-electron chi connectivity index (χ4n) is 4.89. The molecule has 2 aliphatic rings. The molecule has 1 spiro atoms. The first-order valence-electron chi connectivity index (χ1n) is 11.0. The molecule has 2 aromatic carbocycles. The molecule has 0 radical (unpaired) electrons. The van der Waals surface area contributed by atoms with E-state index in [9.17, 15) is 4.79 Å². The normalized spacial score (nSPS) is 21.7. The van der Waals surface area contributed by atoms with E-state index in [1.807, 2.05) is 31.2 Å². The number of ether oxygens (including phenoxy) is 2. The van der Waals surface area contributed by atoms with Crippen molar-refractivity contribution in [3.05, 3.63) is 83.3 Å². The van der Waals surface area contributed by atoms with Gasteiger partial charge in [0.2, 0.25) is 5.91 Å². The standard InChI is InChI=1S/C26H28N2O4/c1-18-7-10-21(32-18)14-27-25(29)24-13-26(17-31-24)16-28(23-6-4-3-5-22(23)26)15-19-8-11-20(30-2)12-9-19/h3-12,24H,13-17H2,1-2H3,(H,27,29). The molecule has 3 heterocycles. The van der Waals surface area contributed by atoms with Crippen molar-refractivity contribution < 1.29 is 18.7 Å². The minimum atomic E-state index is -0.458. The highest BCUT2D eigenvalue weighted by Crippen LogP contribution is 2.47. The topological polar surface area (TPSA) is 63.9 Å². The Morgan fingerprint density at radius 1 is 1.16 bits per heavy atom. The summed E-state index contributed by atoms with van der Waals surface area (Å²) in [5.41, 5.74) is 3.54. The second kappa shape index (κ2) is 8.36. The lowest BCUT2D eigenvalue weighted by atomic mass is 9.80. The average molecular weight is 433 g/mol. The third-order valence-electron chi connectivity index (χ3n) is 6.50. The number of anilines is 1. The lowest BCUT2D eigenvalue weighted by Crippen LogP contribution is -2.37. The number of nitrogens with one attached hydrogen (secondary N) is 1. The first kappa shape index (κ1) is 20.6. The molecule has 2 aliphatic heterocycles. The smallest absolute Gasteiger partial charge is 0.249 e. The maximum atomic E-state index is 12.8. The number of hydrogen-bond donors (Lipinski definition) is 1. The Kier molecular flexibility index (Phi) is 5.39. The van der Waals surface area contributed by atoms with E-state index < -0.39 is 6.10 Å². The number of rotatable bonds is 6. The Bertz CT molecular complexity index is 1110. The number of hydrogen-bond acceptors (Lipinski definition) is 5. The molecule has 2 atom stereocenters. The van der Waals surface area contributed by atoms with Gasteiger partial charge in [0.05, 0.1) is 20.3 Å². The average Bonchev–Trinajstić information content (AvgIpc) is 3.52. The predicted molar refractivity (Wildman–Crippen MR) is 122 cm³/mol. The quantitative estimate of drug-likeness (QED) is 0.639. The minimum absolute atomic E-state index is 0.0815. The van der Waals surface area contributed by atoms with Crippen LogP contribution in [0.3, 0.4) is 0 Å². The molecule has 1 amide bonds. The van der Waals surface area contributed by atoms with Gasteiger partial charge < -0.3 is 24.1 Å². The van der Waals surface area contributed by atoms with Crippen molar-refractivity contribution in [1.82, 2.24) is 5.32 Å². The van der Waals surface area contributed by atoms with E-state index in [1.165, 1.54) is 16.8 Å². The van der Waals surface area contributed by atoms with Gasteiger partial charge >= 0.3 is 0 Å². The summed E-state index contributed by atoms with van der Waals surface area (Å²) in [7, 11) is 1.68. The van der Waals surface area contributed by atoms with Crippen LogP contribution in [0.25, 0.3) is 0 Å². The van der Waals surface area contributed by atoms with Gasteiger partial charge in [-0.05, 0) is 54.8 Å². The molecule has 32 heavy (non-hydrogen) atoms. The number of carbonyl (C=O) groups excluding carboxylic acids is 1. The van der Waals surface area contributed by atoms with Crippen LogP contribution in [0.5, 0.6) is 5.75 Å². The van der Waals surface area contributed by atoms with Crippen molar-refractivity contribution in [3.63, 3.8) is 0 Å². The van der Waals surface area contributed by atoms with Gasteiger partial charge in [-0.15, -0.1) is 0 Å². The van der Waals surface area contributed by atoms with Crippen LogP contribution in [0.15, 0.2) is 65.1 Å². The predicted octanol–water partition coefficient (Wildman–Crippen LogP) is 3.96. The number of aryl methyl sites for hydroxylation is 1. The highest BCUT2D eigenvalue weighted by Gasteiger charge is 2.50. The highest BCUT2D eigenvalue weighted by atomic mass is 16.5. The maximum Gasteiger partial charge on any atom is 0.249 e. The molecular formula is C26H28N2O4. The van der Waals surface area contributed by atoms with Crippen molar-refractivity contribution >= 4 is 11.6 Å². The Labute approximate surface area is 188 Å². The Balaban J connectivity index is 1.29. The summed E-state index contributed by atoms with van der Waals surface area (Å²) in [4.78, 5) is 15.2. The fourth-order valence-corrected chi connectivity index (χ4v) is 4.89. The lowest BCUT2D eigenvalue weighted by Gasteiger charge is -2.24. The van der Waals surface area contributed by atoms with Gasteiger partial charge in [-0.2, -0.15) is 0 Å². The summed E-state index contributed by atoms with van der Waals surface area (Å²) in [6, 6.07) is 20.5. The molecule has 1 saturated heterocycles. The van der Waals surface area contributed by atoms with Crippen LogP contribution in [0.2, 0.25) is 0 Å². The molecule has 166 valence electrons. The first-order chi connectivity index (χ1) is 15.6. The van der Waals surface area contributed by atoms with Crippen molar-refractivity contribution in [2.24, 2.45) is 0 Å². The number of benzene rings is 2. The van der Waals surface area contributed by atoms with Gasteiger partial charge in [0.15, 0.2) is 0 Å². The Hall–Kier alpha value is -3.25. The van der Waals surface area contributed by atoms with E-state index in [4.69, 9.17) is 13.9 Å². The van der Waals surface area contributed by atoms with E-state index in [0.717, 1.165) is 30.4 Å². The second-order valence-electron chi connectivity index (χ2n) is 8.74. The van der Waals surface area contributed by atoms with Gasteiger partial charge in [0.1, 0.15) is 23.4 Å². The Morgan fingerprint density at radius 2 is 1.97 bits per heavy atom. The molecule has 1 fully saturated rings. The number of nitrogens with zero attached hydrogens (tertiary/aromatic N) is 1. The van der Waals surface area contributed by atoms with Gasteiger partial charge in [-0.1, -0.05) is 30.3 Å². The van der Waals surface area contributed by atoms with Crippen molar-refractivity contribution in [3.8, 4) is 5.75 Å². The van der Waals surface area contributed by atoms with E-state index >= 15 is 0 Å². The van der Waals surface area contributed by atoms with Crippen LogP contribution in [0, 0.1) is 6.92 Å². The minimum Gasteiger partial charge on any atom is -0.497 e. The highest BCUT2D eigenvalue weighted by molar-refractivity contribution is 5.81. The molecule has 1 aromatic heterocycles. The summed E-state index contributed by atoms with van der Waals surface area (Å²) in [5, 5.41) is 2.96. The molecule has 1 N–H and O–H groups in total. The first-order valence-corrected chi connectivity index (χ1v) is 11.0. The molecular weight excluding hydrogens is 404 g/mol. The van der Waals surface area contributed by atoms with E-state index in [1.54, 1.807) is 7.11 Å². The third-order valence-corrected chi connectivity index (χ3v) is 6.50. The van der Waals surface area contributed by atoms with Crippen LogP contribution in [0.4, 0.5) is 5.69 Å². The third kappa shape index (κ3) is 3.86. The van der Waals surface area contributed by atoms with Crippen molar-refractivity contribution in [1.29, 1.82) is 0 Å². The van der Waals surface area contributed by atoms with E-state index in [2.05, 4.69) is 46.6 Å². The molecule has 0 saturated carbocycles. The lowest BCUT2D eigenvalue weighted by molar-refractivity contribution is -0.130. The molecule has 2 unspecified atom stereocenters. The Morgan fingerprint density at radius 3 is 2.72 bits per heavy atom. The molecule has 5 rings (SSSR count). The van der Waals surface area contributed by atoms with E-state index in [-0.39, 0.29) is 11.3 Å². The molecule has 6 heteroatoms. The number of para-hydroxylation sites is 1. The SMILES string of the molecule is COc1ccc(CN2CC3(COC(C(=O)NCc4ccc(C)o4)C3)c3ccccc32)cc1. The molecule has 6 nitrogen and oxygen atoms in total. The largest absolute Gasteiger partial charge is 0.497 e. The van der Waals surface area contributed by atoms with Crippen LogP contribution >= 0.6 is 0 Å². The van der Waals surface area contributed by atoms with Crippen LogP contribution < -0.4 is 15.0 Å². The summed E-state index contributed by atoms with van der Waals surface area (Å²) in [6.45, 7) is 4.45. The molecule has 0 aliphatic carbocycles. The number of furan rings is 1.